The number of amides is 2. The number of carbonyl (C=O) groups excluding carboxylic acids is 2. The average Bonchev–Trinajstić information content (AvgIpc) is 2.69. The minimum absolute atomic E-state index is 0.441. The third kappa shape index (κ3) is 5.09. The van der Waals surface area contributed by atoms with E-state index < -0.39 is 11.8 Å². The summed E-state index contributed by atoms with van der Waals surface area (Å²) in [6.45, 7) is 1.28. The number of nitrogens with zero attached hydrogens (tertiary/aromatic N) is 2. The van der Waals surface area contributed by atoms with Crippen molar-refractivity contribution in [2.75, 3.05) is 37.4 Å². The molecule has 0 aliphatic carbocycles. The number of anilines is 2. The second-order valence-corrected chi connectivity index (χ2v) is 7.32. The van der Waals surface area contributed by atoms with Crippen molar-refractivity contribution in [2.24, 2.45) is 5.92 Å². The summed E-state index contributed by atoms with van der Waals surface area (Å²) in [4.78, 5) is 28.5. The molecule has 0 aromatic heterocycles. The molecule has 3 rings (SSSR count). The second-order valence-electron chi connectivity index (χ2n) is 7.32. The zero-order valence-corrected chi connectivity index (χ0v) is 16.0. The van der Waals surface area contributed by atoms with Crippen LogP contribution >= 0.6 is 0 Å². The fourth-order valence-corrected chi connectivity index (χ4v) is 3.48. The smallest absolute Gasteiger partial charge is 0.313 e. The standard InChI is InChI=1S/C22H27N3O2/c1-24(2)20-10-6-9-19(16-20)23-21(26)22(27)25-13-11-18(12-14-25)15-17-7-4-3-5-8-17/h3-10,16,18H,11-15H2,1-2H3,(H,23,26). The highest BCUT2D eigenvalue weighted by atomic mass is 16.2. The van der Waals surface area contributed by atoms with Crippen LogP contribution in [0.5, 0.6) is 0 Å². The van der Waals surface area contributed by atoms with E-state index in [0.29, 0.717) is 24.7 Å². The molecule has 27 heavy (non-hydrogen) atoms. The third-order valence-corrected chi connectivity index (χ3v) is 5.08. The predicted octanol–water partition coefficient (Wildman–Crippen LogP) is 3.17. The van der Waals surface area contributed by atoms with E-state index in [-0.39, 0.29) is 0 Å². The van der Waals surface area contributed by atoms with Gasteiger partial charge >= 0.3 is 11.8 Å². The quantitative estimate of drug-likeness (QED) is 0.847. The highest BCUT2D eigenvalue weighted by Gasteiger charge is 2.27. The molecule has 0 radical (unpaired) electrons. The van der Waals surface area contributed by atoms with Crippen molar-refractivity contribution in [2.45, 2.75) is 19.3 Å². The van der Waals surface area contributed by atoms with Crippen molar-refractivity contribution in [3.8, 4) is 0 Å². The maximum absolute atomic E-state index is 12.5. The van der Waals surface area contributed by atoms with Crippen molar-refractivity contribution in [1.29, 1.82) is 0 Å². The molecular weight excluding hydrogens is 338 g/mol. The Labute approximate surface area is 161 Å². The number of piperidine rings is 1. The summed E-state index contributed by atoms with van der Waals surface area (Å²) < 4.78 is 0. The molecule has 1 aliphatic rings. The minimum Gasteiger partial charge on any atom is -0.378 e. The van der Waals surface area contributed by atoms with E-state index in [1.54, 1.807) is 11.0 Å². The first-order valence-electron chi connectivity index (χ1n) is 9.44. The number of nitrogens with one attached hydrogen (secondary N) is 1. The first-order chi connectivity index (χ1) is 13.0. The molecule has 5 heteroatoms. The highest BCUT2D eigenvalue weighted by molar-refractivity contribution is 6.39. The topological polar surface area (TPSA) is 52.7 Å². The van der Waals surface area contributed by atoms with Gasteiger partial charge in [0.25, 0.3) is 0 Å². The van der Waals surface area contributed by atoms with Crippen LogP contribution in [0.2, 0.25) is 0 Å². The van der Waals surface area contributed by atoms with Crippen molar-refractivity contribution in [3.05, 3.63) is 60.2 Å². The van der Waals surface area contributed by atoms with Gasteiger partial charge in [0.05, 0.1) is 0 Å². The van der Waals surface area contributed by atoms with Crippen LogP contribution < -0.4 is 10.2 Å². The lowest BCUT2D eigenvalue weighted by molar-refractivity contribution is -0.144. The maximum atomic E-state index is 12.5. The third-order valence-electron chi connectivity index (χ3n) is 5.08. The van der Waals surface area contributed by atoms with Gasteiger partial charge in [-0.2, -0.15) is 0 Å². The Balaban J connectivity index is 1.51. The van der Waals surface area contributed by atoms with Gasteiger partial charge in [-0.3, -0.25) is 9.59 Å². The Hall–Kier alpha value is -2.82. The first kappa shape index (κ1) is 19.0. The lowest BCUT2D eigenvalue weighted by Crippen LogP contribution is -2.44. The summed E-state index contributed by atoms with van der Waals surface area (Å²) >= 11 is 0. The van der Waals surface area contributed by atoms with Gasteiger partial charge in [0.1, 0.15) is 0 Å². The molecule has 1 fully saturated rings. The van der Waals surface area contributed by atoms with Gasteiger partial charge in [-0.1, -0.05) is 36.4 Å². The predicted molar refractivity (Wildman–Crippen MR) is 109 cm³/mol. The molecule has 2 aromatic rings. The molecule has 0 spiro atoms. The molecule has 5 nitrogen and oxygen atoms in total. The average molecular weight is 365 g/mol. The minimum atomic E-state index is -0.563. The van der Waals surface area contributed by atoms with Gasteiger partial charge in [0, 0.05) is 38.6 Å². The monoisotopic (exact) mass is 365 g/mol. The van der Waals surface area contributed by atoms with Crippen LogP contribution in [0.1, 0.15) is 18.4 Å². The summed E-state index contributed by atoms with van der Waals surface area (Å²) in [5.41, 5.74) is 2.95. The molecule has 1 aliphatic heterocycles. The van der Waals surface area contributed by atoms with Gasteiger partial charge in [0.2, 0.25) is 0 Å². The summed E-state index contributed by atoms with van der Waals surface area (Å²) in [6.07, 6.45) is 2.90. The van der Waals surface area contributed by atoms with Crippen LogP contribution in [0.4, 0.5) is 11.4 Å². The Morgan fingerprint density at radius 3 is 2.41 bits per heavy atom. The van der Waals surface area contributed by atoms with E-state index in [4.69, 9.17) is 0 Å². The normalized spacial score (nSPS) is 14.7. The van der Waals surface area contributed by atoms with Crippen LogP contribution in [-0.4, -0.2) is 43.9 Å². The Morgan fingerprint density at radius 1 is 1.04 bits per heavy atom. The molecule has 1 heterocycles. The maximum Gasteiger partial charge on any atom is 0.313 e. The fourth-order valence-electron chi connectivity index (χ4n) is 3.48. The van der Waals surface area contributed by atoms with Crippen LogP contribution in [0.3, 0.4) is 0 Å². The van der Waals surface area contributed by atoms with Gasteiger partial charge < -0.3 is 15.1 Å². The molecule has 2 aromatic carbocycles. The van der Waals surface area contributed by atoms with Crippen molar-refractivity contribution in [1.82, 2.24) is 4.90 Å². The molecule has 0 atom stereocenters. The summed E-state index contributed by atoms with van der Waals surface area (Å²) in [6, 6.07) is 17.9. The lowest BCUT2D eigenvalue weighted by atomic mass is 9.90. The molecule has 0 saturated carbocycles. The summed E-state index contributed by atoms with van der Waals surface area (Å²) in [7, 11) is 3.87. The van der Waals surface area contributed by atoms with Crippen LogP contribution in [0.15, 0.2) is 54.6 Å². The Bertz CT molecular complexity index is 781. The van der Waals surface area contributed by atoms with Gasteiger partial charge in [-0.15, -0.1) is 0 Å². The van der Waals surface area contributed by atoms with Crippen molar-refractivity contribution >= 4 is 23.2 Å². The summed E-state index contributed by atoms with van der Waals surface area (Å²) in [5, 5.41) is 2.73. The zero-order valence-electron chi connectivity index (χ0n) is 16.0. The highest BCUT2D eigenvalue weighted by Crippen LogP contribution is 2.22. The van der Waals surface area contributed by atoms with Gasteiger partial charge in [-0.05, 0) is 48.9 Å². The van der Waals surface area contributed by atoms with E-state index in [1.165, 1.54) is 5.56 Å². The fraction of sp³-hybridized carbons (Fsp3) is 0.364. The van der Waals surface area contributed by atoms with Gasteiger partial charge in [-0.25, -0.2) is 0 Å². The van der Waals surface area contributed by atoms with E-state index in [0.717, 1.165) is 24.9 Å². The molecule has 1 N–H and O–H groups in total. The van der Waals surface area contributed by atoms with E-state index in [2.05, 4.69) is 29.6 Å². The molecule has 1 saturated heterocycles. The Morgan fingerprint density at radius 2 is 1.74 bits per heavy atom. The number of hydrogen-bond acceptors (Lipinski definition) is 3. The Kier molecular flexibility index (Phi) is 6.12. The number of likely N-dealkylation sites (tertiary alicyclic amines) is 1. The van der Waals surface area contributed by atoms with Crippen molar-refractivity contribution < 1.29 is 9.59 Å². The number of benzene rings is 2. The SMILES string of the molecule is CN(C)c1cccc(NC(=O)C(=O)N2CCC(Cc3ccccc3)CC2)c1. The molecule has 0 bridgehead atoms. The molecule has 142 valence electrons. The van der Waals surface area contributed by atoms with Crippen LogP contribution in [-0.2, 0) is 16.0 Å². The second kappa shape index (κ2) is 8.71. The molecule has 2 amide bonds. The lowest BCUT2D eigenvalue weighted by Gasteiger charge is -2.31. The van der Waals surface area contributed by atoms with Crippen LogP contribution in [0.25, 0.3) is 0 Å². The number of rotatable bonds is 4. The molecule has 0 unspecified atom stereocenters. The largest absolute Gasteiger partial charge is 0.378 e. The van der Waals surface area contributed by atoms with Crippen LogP contribution in [0, 0.1) is 5.92 Å². The zero-order chi connectivity index (χ0) is 19.2. The number of carbonyl (C=O) groups is 2. The number of hydrogen-bond donors (Lipinski definition) is 1. The van der Waals surface area contributed by atoms with Gasteiger partial charge in [0.15, 0.2) is 0 Å². The molecular formula is C22H27N3O2. The van der Waals surface area contributed by atoms with Crippen molar-refractivity contribution in [3.63, 3.8) is 0 Å². The summed E-state index contributed by atoms with van der Waals surface area (Å²) in [5.74, 6) is -0.438. The van der Waals surface area contributed by atoms with E-state index >= 15 is 0 Å². The van der Waals surface area contributed by atoms with E-state index in [1.807, 2.05) is 43.3 Å². The van der Waals surface area contributed by atoms with E-state index in [9.17, 15) is 9.59 Å². The first-order valence-corrected chi connectivity index (χ1v) is 9.44.